The molecule has 0 aliphatic heterocycles. The van der Waals surface area contributed by atoms with Crippen molar-refractivity contribution < 1.29 is 28.2 Å². The van der Waals surface area contributed by atoms with Crippen LogP contribution in [0.25, 0.3) is 0 Å². The summed E-state index contributed by atoms with van der Waals surface area (Å²) in [6, 6.07) is 1.61. The molecule has 0 saturated heterocycles. The Morgan fingerprint density at radius 1 is 1.28 bits per heavy atom. The quantitative estimate of drug-likeness (QED) is 0.656. The molecular weight excluding hydrogens is 246 g/mol. The summed E-state index contributed by atoms with van der Waals surface area (Å²) in [4.78, 5) is 11.3. The van der Waals surface area contributed by atoms with E-state index < -0.39 is 35.6 Å². The lowest BCUT2D eigenvalue weighted by Crippen LogP contribution is -2.26. The van der Waals surface area contributed by atoms with Gasteiger partial charge < -0.3 is 14.6 Å². The predicted octanol–water partition coefficient (Wildman–Crippen LogP) is 2.77. The molecule has 0 aliphatic carbocycles. The van der Waals surface area contributed by atoms with Crippen LogP contribution in [0.15, 0.2) is 12.1 Å². The van der Waals surface area contributed by atoms with Crippen LogP contribution < -0.4 is 4.74 Å². The highest BCUT2D eigenvalue weighted by Gasteiger charge is 2.19. The summed E-state index contributed by atoms with van der Waals surface area (Å²) >= 11 is 0. The lowest BCUT2D eigenvalue weighted by Gasteiger charge is -2.18. The van der Waals surface area contributed by atoms with Crippen LogP contribution in [0.1, 0.15) is 26.3 Å². The van der Waals surface area contributed by atoms with Crippen LogP contribution in [0, 0.1) is 11.6 Å². The number of ether oxygens (including phenoxy) is 2. The van der Waals surface area contributed by atoms with Crippen molar-refractivity contribution in [3.05, 3.63) is 29.3 Å². The van der Waals surface area contributed by atoms with Crippen molar-refractivity contribution in [3.63, 3.8) is 0 Å². The van der Waals surface area contributed by atoms with Gasteiger partial charge in [-0.3, -0.25) is 0 Å². The topological polar surface area (TPSA) is 55.8 Å². The first kappa shape index (κ1) is 14.4. The van der Waals surface area contributed by atoms with E-state index in [1.165, 1.54) is 0 Å². The third-order valence-corrected chi connectivity index (χ3v) is 1.86. The van der Waals surface area contributed by atoms with Crippen LogP contribution in [-0.4, -0.2) is 16.9 Å². The molecule has 0 fully saturated rings. The van der Waals surface area contributed by atoms with Gasteiger partial charge >= 0.3 is 6.16 Å². The first-order chi connectivity index (χ1) is 8.23. The number of carbonyl (C=O) groups excluding carboxylic acids is 1. The first-order valence-electron chi connectivity index (χ1n) is 5.22. The molecule has 0 saturated carbocycles. The number of benzene rings is 1. The Labute approximate surface area is 103 Å². The Balaban J connectivity index is 2.83. The highest BCUT2D eigenvalue weighted by molar-refractivity contribution is 5.64. The van der Waals surface area contributed by atoms with Crippen LogP contribution in [0.3, 0.4) is 0 Å². The SMILES string of the molecule is CC(C)(C)OC(=O)Oc1cc(F)c(CO)c(F)c1. The number of hydrogen-bond donors (Lipinski definition) is 1. The molecule has 0 atom stereocenters. The Morgan fingerprint density at radius 3 is 2.17 bits per heavy atom. The van der Waals surface area contributed by atoms with Gasteiger partial charge in [-0.25, -0.2) is 13.6 Å². The number of hydrogen-bond acceptors (Lipinski definition) is 4. The monoisotopic (exact) mass is 260 g/mol. The number of rotatable bonds is 2. The third-order valence-electron chi connectivity index (χ3n) is 1.86. The van der Waals surface area contributed by atoms with Gasteiger partial charge in [-0.15, -0.1) is 0 Å². The lowest BCUT2D eigenvalue weighted by molar-refractivity contribution is 0.0205. The largest absolute Gasteiger partial charge is 0.514 e. The molecule has 4 nitrogen and oxygen atoms in total. The number of aliphatic hydroxyl groups is 1. The molecule has 1 rings (SSSR count). The fraction of sp³-hybridized carbons (Fsp3) is 0.417. The summed E-state index contributed by atoms with van der Waals surface area (Å²) in [7, 11) is 0. The van der Waals surface area contributed by atoms with Gasteiger partial charge in [0.2, 0.25) is 0 Å². The maximum atomic E-state index is 13.3. The maximum Gasteiger partial charge on any atom is 0.514 e. The van der Waals surface area contributed by atoms with Crippen LogP contribution in [0.5, 0.6) is 5.75 Å². The minimum absolute atomic E-state index is 0.323. The Hall–Kier alpha value is -1.69. The molecule has 0 spiro atoms. The summed E-state index contributed by atoms with van der Waals surface area (Å²) in [5, 5.41) is 8.71. The minimum Gasteiger partial charge on any atom is -0.428 e. The van der Waals surface area contributed by atoms with E-state index >= 15 is 0 Å². The van der Waals surface area contributed by atoms with Crippen molar-refractivity contribution in [1.29, 1.82) is 0 Å². The molecule has 0 radical (unpaired) electrons. The van der Waals surface area contributed by atoms with Crippen molar-refractivity contribution in [2.75, 3.05) is 0 Å². The molecule has 6 heteroatoms. The van der Waals surface area contributed by atoms with Crippen molar-refractivity contribution in [2.24, 2.45) is 0 Å². The zero-order valence-electron chi connectivity index (χ0n) is 10.3. The summed E-state index contributed by atoms with van der Waals surface area (Å²) in [5.74, 6) is -2.30. The second-order valence-electron chi connectivity index (χ2n) is 4.59. The van der Waals surface area contributed by atoms with Gasteiger partial charge in [0, 0.05) is 17.7 Å². The third kappa shape index (κ3) is 3.96. The molecule has 100 valence electrons. The summed E-state index contributed by atoms with van der Waals surface area (Å²) < 4.78 is 36.0. The fourth-order valence-corrected chi connectivity index (χ4v) is 1.16. The molecule has 1 N–H and O–H groups in total. The fourth-order valence-electron chi connectivity index (χ4n) is 1.16. The smallest absolute Gasteiger partial charge is 0.428 e. The van der Waals surface area contributed by atoms with Gasteiger partial charge in [0.05, 0.1) is 6.61 Å². The molecule has 1 aromatic carbocycles. The van der Waals surface area contributed by atoms with Crippen molar-refractivity contribution in [3.8, 4) is 5.75 Å². The number of carbonyl (C=O) groups is 1. The van der Waals surface area contributed by atoms with Crippen molar-refractivity contribution >= 4 is 6.16 Å². The summed E-state index contributed by atoms with van der Waals surface area (Å²) in [6.07, 6.45) is -1.06. The molecule has 0 amide bonds. The second-order valence-corrected chi connectivity index (χ2v) is 4.59. The maximum absolute atomic E-state index is 13.3. The van der Waals surface area contributed by atoms with E-state index in [2.05, 4.69) is 4.74 Å². The van der Waals surface area contributed by atoms with Gasteiger partial charge in [-0.1, -0.05) is 0 Å². The van der Waals surface area contributed by atoms with E-state index in [0.717, 1.165) is 12.1 Å². The highest BCUT2D eigenvalue weighted by atomic mass is 19.1. The number of halogens is 2. The summed E-state index contributed by atoms with van der Waals surface area (Å²) in [6.45, 7) is 4.11. The molecular formula is C12H14F2O4. The first-order valence-corrected chi connectivity index (χ1v) is 5.22. The van der Waals surface area contributed by atoms with Crippen LogP contribution in [0.2, 0.25) is 0 Å². The van der Waals surface area contributed by atoms with Crippen LogP contribution >= 0.6 is 0 Å². The van der Waals surface area contributed by atoms with Crippen molar-refractivity contribution in [2.45, 2.75) is 33.0 Å². The zero-order chi connectivity index (χ0) is 13.9. The van der Waals surface area contributed by atoms with E-state index in [-0.39, 0.29) is 5.75 Å². The van der Waals surface area contributed by atoms with Crippen LogP contribution in [-0.2, 0) is 11.3 Å². The van der Waals surface area contributed by atoms with Gasteiger partial charge in [-0.2, -0.15) is 0 Å². The lowest BCUT2D eigenvalue weighted by atomic mass is 10.2. The Bertz CT molecular complexity index is 429. The Kier molecular flexibility index (Phi) is 4.24. The minimum atomic E-state index is -1.06. The Morgan fingerprint density at radius 2 is 1.78 bits per heavy atom. The summed E-state index contributed by atoms with van der Waals surface area (Å²) in [5.41, 5.74) is -1.24. The highest BCUT2D eigenvalue weighted by Crippen LogP contribution is 2.21. The molecule has 0 bridgehead atoms. The molecule has 18 heavy (non-hydrogen) atoms. The van der Waals surface area contributed by atoms with E-state index in [4.69, 9.17) is 9.84 Å². The van der Waals surface area contributed by atoms with E-state index in [0.29, 0.717) is 0 Å². The molecule has 0 unspecified atom stereocenters. The molecule has 1 aromatic rings. The van der Waals surface area contributed by atoms with E-state index in [1.54, 1.807) is 20.8 Å². The standard InChI is InChI=1S/C12H14F2O4/c1-12(2,3)18-11(16)17-7-4-9(13)8(6-15)10(14)5-7/h4-5,15H,6H2,1-3H3. The second kappa shape index (κ2) is 5.30. The predicted molar refractivity (Wildman–Crippen MR) is 59.1 cm³/mol. The normalized spacial score (nSPS) is 11.2. The van der Waals surface area contributed by atoms with Crippen molar-refractivity contribution in [1.82, 2.24) is 0 Å². The van der Waals surface area contributed by atoms with Gasteiger partial charge in [0.15, 0.2) is 0 Å². The molecule has 0 aromatic heterocycles. The number of aliphatic hydroxyl groups excluding tert-OH is 1. The molecule has 0 aliphatic rings. The molecule has 0 heterocycles. The van der Waals surface area contributed by atoms with Gasteiger partial charge in [-0.05, 0) is 20.8 Å². The average molecular weight is 260 g/mol. The zero-order valence-corrected chi connectivity index (χ0v) is 10.3. The average Bonchev–Trinajstić information content (AvgIpc) is 2.13. The van der Waals surface area contributed by atoms with Gasteiger partial charge in [0.25, 0.3) is 0 Å². The van der Waals surface area contributed by atoms with Crippen LogP contribution in [0.4, 0.5) is 13.6 Å². The van der Waals surface area contributed by atoms with E-state index in [1.807, 2.05) is 0 Å². The van der Waals surface area contributed by atoms with Gasteiger partial charge in [0.1, 0.15) is 23.0 Å². The van der Waals surface area contributed by atoms with E-state index in [9.17, 15) is 13.6 Å².